The van der Waals surface area contributed by atoms with Crippen LogP contribution < -0.4 is 0 Å². The van der Waals surface area contributed by atoms with Crippen LogP contribution in [0.15, 0.2) is 0 Å². The van der Waals surface area contributed by atoms with Gasteiger partial charge in [-0.15, -0.1) is 0 Å². The van der Waals surface area contributed by atoms with Crippen molar-refractivity contribution >= 4 is 0 Å². The van der Waals surface area contributed by atoms with E-state index in [9.17, 15) is 5.11 Å². The molecule has 0 aliphatic heterocycles. The predicted molar refractivity (Wildman–Crippen MR) is 50.0 cm³/mol. The number of aliphatic hydroxyl groups is 1. The Bertz CT molecular complexity index is 164. The van der Waals surface area contributed by atoms with Crippen molar-refractivity contribution in [1.82, 2.24) is 0 Å². The Morgan fingerprint density at radius 1 is 0.833 bits per heavy atom. The van der Waals surface area contributed by atoms with Gasteiger partial charge in [-0.25, -0.2) is 0 Å². The van der Waals surface area contributed by atoms with E-state index in [1.807, 2.05) is 0 Å². The summed E-state index contributed by atoms with van der Waals surface area (Å²) in [5.74, 6) is 0. The molecule has 1 heteroatoms. The van der Waals surface area contributed by atoms with E-state index in [4.69, 9.17) is 0 Å². The molecule has 70 valence electrons. The van der Waals surface area contributed by atoms with Crippen LogP contribution in [0.2, 0.25) is 0 Å². The molecule has 1 nitrogen and oxygen atoms in total. The van der Waals surface area contributed by atoms with E-state index >= 15 is 0 Å². The Labute approximate surface area is 75.2 Å². The van der Waals surface area contributed by atoms with Gasteiger partial charge in [0.15, 0.2) is 0 Å². The molecular formula is C11H20O. The monoisotopic (exact) mass is 168 g/mol. The van der Waals surface area contributed by atoms with Gasteiger partial charge < -0.3 is 5.11 Å². The fourth-order valence-electron chi connectivity index (χ4n) is 2.91. The molecule has 12 heavy (non-hydrogen) atoms. The first-order chi connectivity index (χ1) is 5.66. The molecule has 0 aromatic heterocycles. The third kappa shape index (κ3) is 1.10. The molecule has 0 aromatic carbocycles. The maximum absolute atomic E-state index is 10.5. The molecular weight excluding hydrogens is 148 g/mol. The molecule has 2 fully saturated rings. The summed E-state index contributed by atoms with van der Waals surface area (Å²) in [6, 6.07) is 0. The molecule has 0 spiro atoms. The summed E-state index contributed by atoms with van der Waals surface area (Å²) >= 11 is 0. The Morgan fingerprint density at radius 3 is 1.83 bits per heavy atom. The summed E-state index contributed by atoms with van der Waals surface area (Å²) < 4.78 is 0. The van der Waals surface area contributed by atoms with Crippen molar-refractivity contribution < 1.29 is 5.11 Å². The number of rotatable bonds is 1. The van der Waals surface area contributed by atoms with Gasteiger partial charge >= 0.3 is 0 Å². The Morgan fingerprint density at radius 2 is 1.42 bits per heavy atom. The Kier molecular flexibility index (Phi) is 1.95. The van der Waals surface area contributed by atoms with E-state index in [0.717, 1.165) is 12.8 Å². The van der Waals surface area contributed by atoms with E-state index in [2.05, 4.69) is 6.92 Å². The molecule has 0 saturated heterocycles. The molecule has 0 heterocycles. The zero-order valence-electron chi connectivity index (χ0n) is 8.10. The third-order valence-corrected chi connectivity index (χ3v) is 4.26. The molecule has 1 N–H and O–H groups in total. The smallest absolute Gasteiger partial charge is 0.0701 e. The highest BCUT2D eigenvalue weighted by atomic mass is 16.3. The van der Waals surface area contributed by atoms with Crippen LogP contribution in [0.25, 0.3) is 0 Å². The minimum absolute atomic E-state index is 0.285. The number of hydrogen-bond acceptors (Lipinski definition) is 1. The van der Waals surface area contributed by atoms with Crippen LogP contribution in [0.4, 0.5) is 0 Å². The molecule has 2 aliphatic rings. The number of hydrogen-bond donors (Lipinski definition) is 1. The summed E-state index contributed by atoms with van der Waals surface area (Å²) in [4.78, 5) is 0. The average molecular weight is 168 g/mol. The van der Waals surface area contributed by atoms with E-state index < -0.39 is 0 Å². The van der Waals surface area contributed by atoms with Gasteiger partial charge in [-0.3, -0.25) is 0 Å². The van der Waals surface area contributed by atoms with Gasteiger partial charge in [0.05, 0.1) is 5.60 Å². The first-order valence-corrected chi connectivity index (χ1v) is 5.39. The van der Waals surface area contributed by atoms with Crippen LogP contribution in [-0.2, 0) is 0 Å². The van der Waals surface area contributed by atoms with Gasteiger partial charge in [0.2, 0.25) is 0 Å². The van der Waals surface area contributed by atoms with Crippen molar-refractivity contribution in [2.45, 2.75) is 63.9 Å². The van der Waals surface area contributed by atoms with Gasteiger partial charge in [0.1, 0.15) is 0 Å². The molecule has 0 atom stereocenters. The van der Waals surface area contributed by atoms with Gasteiger partial charge in [-0.2, -0.15) is 0 Å². The molecule has 0 radical (unpaired) electrons. The van der Waals surface area contributed by atoms with Gasteiger partial charge in [-0.05, 0) is 31.1 Å². The fraction of sp³-hybridized carbons (Fsp3) is 1.00. The molecule has 0 unspecified atom stereocenters. The molecule has 2 rings (SSSR count). The van der Waals surface area contributed by atoms with E-state index in [-0.39, 0.29) is 11.0 Å². The average Bonchev–Trinajstić information content (AvgIpc) is 2.01. The Balaban J connectivity index is 2.07. The lowest BCUT2D eigenvalue weighted by Crippen LogP contribution is -2.51. The first-order valence-electron chi connectivity index (χ1n) is 5.39. The van der Waals surface area contributed by atoms with Crippen LogP contribution in [0.3, 0.4) is 0 Å². The highest BCUT2D eigenvalue weighted by Crippen LogP contribution is 2.54. The van der Waals surface area contributed by atoms with Gasteiger partial charge in [0, 0.05) is 0 Å². The third-order valence-electron chi connectivity index (χ3n) is 4.26. The summed E-state index contributed by atoms with van der Waals surface area (Å²) in [5, 5.41) is 10.5. The normalized spacial score (nSPS) is 32.5. The van der Waals surface area contributed by atoms with E-state index in [0.29, 0.717) is 0 Å². The maximum atomic E-state index is 10.5. The molecule has 0 aromatic rings. The van der Waals surface area contributed by atoms with Crippen molar-refractivity contribution in [2.75, 3.05) is 0 Å². The summed E-state index contributed by atoms with van der Waals surface area (Å²) in [7, 11) is 0. The zero-order chi connectivity index (χ0) is 8.66. The molecule has 2 aliphatic carbocycles. The lowest BCUT2D eigenvalue weighted by molar-refractivity contribution is -0.137. The second-order valence-electron chi connectivity index (χ2n) is 5.01. The van der Waals surface area contributed by atoms with Crippen LogP contribution in [0.1, 0.15) is 58.3 Å². The molecule has 0 amide bonds. The van der Waals surface area contributed by atoms with Crippen LogP contribution in [0.5, 0.6) is 0 Å². The summed E-state index contributed by atoms with van der Waals surface area (Å²) in [6.45, 7) is 2.28. The minimum atomic E-state index is -0.288. The van der Waals surface area contributed by atoms with Crippen LogP contribution in [-0.4, -0.2) is 10.7 Å². The first kappa shape index (κ1) is 8.55. The highest BCUT2D eigenvalue weighted by Gasteiger charge is 2.50. The van der Waals surface area contributed by atoms with Crippen molar-refractivity contribution in [3.63, 3.8) is 0 Å². The standard InChI is InChI=1S/C11H20O/c1-10(6-5-7-10)11(12)8-3-2-4-9-11/h12H,2-9H2,1H3. The second kappa shape index (κ2) is 2.73. The van der Waals surface area contributed by atoms with Crippen molar-refractivity contribution in [3.05, 3.63) is 0 Å². The zero-order valence-corrected chi connectivity index (χ0v) is 8.10. The lowest BCUT2D eigenvalue weighted by Gasteiger charge is -2.53. The van der Waals surface area contributed by atoms with Crippen molar-refractivity contribution in [1.29, 1.82) is 0 Å². The maximum Gasteiger partial charge on any atom is 0.0701 e. The van der Waals surface area contributed by atoms with Gasteiger partial charge in [0.25, 0.3) is 0 Å². The largest absolute Gasteiger partial charge is 0.389 e. The molecule has 0 bridgehead atoms. The minimum Gasteiger partial charge on any atom is -0.389 e. The topological polar surface area (TPSA) is 20.2 Å². The highest BCUT2D eigenvalue weighted by molar-refractivity contribution is 5.01. The van der Waals surface area contributed by atoms with Crippen molar-refractivity contribution in [3.8, 4) is 0 Å². The summed E-state index contributed by atoms with van der Waals surface area (Å²) in [6.07, 6.45) is 9.77. The fourth-order valence-corrected chi connectivity index (χ4v) is 2.91. The van der Waals surface area contributed by atoms with E-state index in [1.165, 1.54) is 38.5 Å². The second-order valence-corrected chi connectivity index (χ2v) is 5.01. The lowest BCUT2D eigenvalue weighted by atomic mass is 9.56. The quantitative estimate of drug-likeness (QED) is 0.638. The SMILES string of the molecule is CC1(C2(O)CCCCC2)CCC1. The van der Waals surface area contributed by atoms with Gasteiger partial charge in [-0.1, -0.05) is 32.6 Å². The molecule has 2 saturated carbocycles. The van der Waals surface area contributed by atoms with Crippen LogP contribution >= 0.6 is 0 Å². The van der Waals surface area contributed by atoms with E-state index in [1.54, 1.807) is 0 Å². The summed E-state index contributed by atoms with van der Waals surface area (Å²) in [5.41, 5.74) is -0.00306. The predicted octanol–water partition coefficient (Wildman–Crippen LogP) is 2.87. The van der Waals surface area contributed by atoms with Crippen molar-refractivity contribution in [2.24, 2.45) is 5.41 Å². The Hall–Kier alpha value is -0.0400. The van der Waals surface area contributed by atoms with Crippen LogP contribution in [0, 0.1) is 5.41 Å².